The number of nitrogens with zero attached hydrogens (tertiary/aromatic N) is 1. The van der Waals surface area contributed by atoms with E-state index in [2.05, 4.69) is 26.2 Å². The van der Waals surface area contributed by atoms with Crippen molar-refractivity contribution in [2.45, 2.75) is 0 Å². The predicted octanol–water partition coefficient (Wildman–Crippen LogP) is 5.23. The Labute approximate surface area is 158 Å². The molecule has 0 radical (unpaired) electrons. The van der Waals surface area contributed by atoms with Crippen molar-refractivity contribution in [1.29, 1.82) is 0 Å². The van der Waals surface area contributed by atoms with Gasteiger partial charge in [-0.2, -0.15) is 0 Å². The molecule has 1 heterocycles. The highest BCUT2D eigenvalue weighted by Gasteiger charge is 2.06. The van der Waals surface area contributed by atoms with Crippen LogP contribution in [-0.4, -0.2) is 18.0 Å². The Morgan fingerprint density at radius 2 is 2.04 bits per heavy atom. The van der Waals surface area contributed by atoms with Crippen LogP contribution in [0.25, 0.3) is 17.3 Å². The number of amides is 1. The average molecular weight is 415 g/mol. The molecule has 3 aromatic rings. The molecule has 0 saturated heterocycles. The number of carbonyl (C=O) groups is 1. The SMILES string of the molecule is COc1cccc(/C=C/C(=O)Nc2nc(-c3ccc(Br)cc3)cs2)c1. The standard InChI is InChI=1S/C19H15BrN2O2S/c1-24-16-4-2-3-13(11-16)5-10-18(23)22-19-21-17(12-25-19)14-6-8-15(20)9-7-14/h2-12H,1H3,(H,21,22,23)/b10-5+. The van der Waals surface area contributed by atoms with Crippen LogP contribution < -0.4 is 10.1 Å². The van der Waals surface area contributed by atoms with Gasteiger partial charge in [0.05, 0.1) is 12.8 Å². The minimum atomic E-state index is -0.223. The first-order valence-corrected chi connectivity index (χ1v) is 9.16. The Bertz CT molecular complexity index is 904. The zero-order valence-corrected chi connectivity index (χ0v) is 15.8. The first kappa shape index (κ1) is 17.4. The summed E-state index contributed by atoms with van der Waals surface area (Å²) in [6.45, 7) is 0. The second-order valence-corrected chi connectivity index (χ2v) is 6.92. The number of hydrogen-bond donors (Lipinski definition) is 1. The van der Waals surface area contributed by atoms with Crippen LogP contribution in [0.2, 0.25) is 0 Å². The molecule has 25 heavy (non-hydrogen) atoms. The summed E-state index contributed by atoms with van der Waals surface area (Å²) in [5, 5.41) is 5.27. The van der Waals surface area contributed by atoms with Gasteiger partial charge in [0, 0.05) is 21.5 Å². The van der Waals surface area contributed by atoms with E-state index in [1.165, 1.54) is 17.4 Å². The maximum absolute atomic E-state index is 12.1. The summed E-state index contributed by atoms with van der Waals surface area (Å²) < 4.78 is 6.18. The van der Waals surface area contributed by atoms with Gasteiger partial charge in [0.2, 0.25) is 5.91 Å². The van der Waals surface area contributed by atoms with Crippen LogP contribution >= 0.6 is 27.3 Å². The molecule has 0 fully saturated rings. The highest BCUT2D eigenvalue weighted by atomic mass is 79.9. The van der Waals surface area contributed by atoms with E-state index in [0.717, 1.165) is 27.0 Å². The Balaban J connectivity index is 1.65. The number of nitrogens with one attached hydrogen (secondary N) is 1. The molecule has 0 atom stereocenters. The number of anilines is 1. The van der Waals surface area contributed by atoms with Crippen molar-refractivity contribution in [2.24, 2.45) is 0 Å². The van der Waals surface area contributed by atoms with Crippen molar-refractivity contribution in [1.82, 2.24) is 4.98 Å². The third-order valence-electron chi connectivity index (χ3n) is 3.40. The molecular weight excluding hydrogens is 400 g/mol. The molecule has 126 valence electrons. The maximum Gasteiger partial charge on any atom is 0.250 e. The third-order valence-corrected chi connectivity index (χ3v) is 4.68. The minimum Gasteiger partial charge on any atom is -0.497 e. The fraction of sp³-hybridized carbons (Fsp3) is 0.0526. The lowest BCUT2D eigenvalue weighted by molar-refractivity contribution is -0.111. The average Bonchev–Trinajstić information content (AvgIpc) is 3.09. The molecule has 3 rings (SSSR count). The monoisotopic (exact) mass is 414 g/mol. The zero-order valence-electron chi connectivity index (χ0n) is 13.4. The van der Waals surface area contributed by atoms with Crippen LogP contribution in [0.4, 0.5) is 5.13 Å². The lowest BCUT2D eigenvalue weighted by Gasteiger charge is -2.00. The van der Waals surface area contributed by atoms with Gasteiger partial charge in [0.1, 0.15) is 5.75 Å². The van der Waals surface area contributed by atoms with Crippen LogP contribution in [0.1, 0.15) is 5.56 Å². The molecule has 1 aromatic heterocycles. The van der Waals surface area contributed by atoms with Crippen molar-refractivity contribution in [3.8, 4) is 17.0 Å². The molecule has 0 unspecified atom stereocenters. The highest BCUT2D eigenvalue weighted by molar-refractivity contribution is 9.10. The second-order valence-electron chi connectivity index (χ2n) is 5.14. The molecule has 0 saturated carbocycles. The number of aromatic nitrogens is 1. The van der Waals surface area contributed by atoms with Crippen LogP contribution in [0.5, 0.6) is 5.75 Å². The number of benzene rings is 2. The fourth-order valence-corrected chi connectivity index (χ4v) is 3.14. The van der Waals surface area contributed by atoms with Gasteiger partial charge >= 0.3 is 0 Å². The van der Waals surface area contributed by atoms with Crippen molar-refractivity contribution in [3.05, 3.63) is 70.0 Å². The number of thiazole rings is 1. The Morgan fingerprint density at radius 1 is 1.24 bits per heavy atom. The van der Waals surface area contributed by atoms with E-state index in [4.69, 9.17) is 4.74 Å². The summed E-state index contributed by atoms with van der Waals surface area (Å²) in [4.78, 5) is 16.5. The number of ether oxygens (including phenoxy) is 1. The van der Waals surface area contributed by atoms with Gasteiger partial charge in [-0.05, 0) is 35.9 Å². The van der Waals surface area contributed by atoms with Crippen LogP contribution in [0.3, 0.4) is 0 Å². The lowest BCUT2D eigenvalue weighted by Crippen LogP contribution is -2.07. The second kappa shape index (κ2) is 8.09. The highest BCUT2D eigenvalue weighted by Crippen LogP contribution is 2.26. The number of halogens is 1. The Hall–Kier alpha value is -2.44. The van der Waals surface area contributed by atoms with E-state index in [1.807, 2.05) is 53.9 Å². The minimum absolute atomic E-state index is 0.223. The van der Waals surface area contributed by atoms with Crippen molar-refractivity contribution in [2.75, 3.05) is 12.4 Å². The summed E-state index contributed by atoms with van der Waals surface area (Å²) in [7, 11) is 1.61. The maximum atomic E-state index is 12.1. The van der Waals surface area contributed by atoms with Crippen molar-refractivity contribution in [3.63, 3.8) is 0 Å². The first-order chi connectivity index (χ1) is 12.1. The van der Waals surface area contributed by atoms with E-state index in [0.29, 0.717) is 5.13 Å². The number of methoxy groups -OCH3 is 1. The topological polar surface area (TPSA) is 51.2 Å². The number of rotatable bonds is 5. The third kappa shape index (κ3) is 4.78. The van der Waals surface area contributed by atoms with Gasteiger partial charge < -0.3 is 4.74 Å². The first-order valence-electron chi connectivity index (χ1n) is 7.48. The van der Waals surface area contributed by atoms with E-state index < -0.39 is 0 Å². The quantitative estimate of drug-likeness (QED) is 0.581. The van der Waals surface area contributed by atoms with Gasteiger partial charge in [-0.25, -0.2) is 4.98 Å². The normalized spacial score (nSPS) is 10.8. The molecule has 0 bridgehead atoms. The van der Waals surface area contributed by atoms with Crippen molar-refractivity contribution < 1.29 is 9.53 Å². The van der Waals surface area contributed by atoms with Gasteiger partial charge in [-0.3, -0.25) is 10.1 Å². The van der Waals surface area contributed by atoms with Crippen LogP contribution in [-0.2, 0) is 4.79 Å². The zero-order chi connectivity index (χ0) is 17.6. The number of hydrogen-bond acceptors (Lipinski definition) is 4. The molecule has 4 nitrogen and oxygen atoms in total. The van der Waals surface area contributed by atoms with E-state index in [-0.39, 0.29) is 5.91 Å². The fourth-order valence-electron chi connectivity index (χ4n) is 2.15. The Morgan fingerprint density at radius 3 is 2.80 bits per heavy atom. The molecule has 6 heteroatoms. The van der Waals surface area contributed by atoms with E-state index >= 15 is 0 Å². The molecular formula is C19H15BrN2O2S. The lowest BCUT2D eigenvalue weighted by atomic mass is 10.2. The molecule has 0 aliphatic carbocycles. The molecule has 1 amide bonds. The summed E-state index contributed by atoms with van der Waals surface area (Å²) in [6, 6.07) is 15.4. The molecule has 2 aromatic carbocycles. The van der Waals surface area contributed by atoms with E-state index in [9.17, 15) is 4.79 Å². The molecule has 0 spiro atoms. The largest absolute Gasteiger partial charge is 0.497 e. The summed E-state index contributed by atoms with van der Waals surface area (Å²) in [6.07, 6.45) is 3.22. The smallest absolute Gasteiger partial charge is 0.250 e. The van der Waals surface area contributed by atoms with Crippen molar-refractivity contribution >= 4 is 44.4 Å². The number of carbonyl (C=O) groups excluding carboxylic acids is 1. The van der Waals surface area contributed by atoms with Gasteiger partial charge in [-0.15, -0.1) is 11.3 Å². The van der Waals surface area contributed by atoms with E-state index in [1.54, 1.807) is 13.2 Å². The molecule has 0 aliphatic heterocycles. The molecule has 1 N–H and O–H groups in total. The Kier molecular flexibility index (Phi) is 5.63. The summed E-state index contributed by atoms with van der Waals surface area (Å²) >= 11 is 4.81. The van der Waals surface area contributed by atoms with Crippen LogP contribution in [0, 0.1) is 0 Å². The predicted molar refractivity (Wildman–Crippen MR) is 106 cm³/mol. The summed E-state index contributed by atoms with van der Waals surface area (Å²) in [5.74, 6) is 0.529. The summed E-state index contributed by atoms with van der Waals surface area (Å²) in [5.41, 5.74) is 2.74. The van der Waals surface area contributed by atoms with Gasteiger partial charge in [0.15, 0.2) is 5.13 Å². The molecule has 0 aliphatic rings. The van der Waals surface area contributed by atoms with Crippen LogP contribution in [0.15, 0.2) is 64.5 Å². The van der Waals surface area contributed by atoms with Gasteiger partial charge in [0.25, 0.3) is 0 Å². The van der Waals surface area contributed by atoms with Gasteiger partial charge in [-0.1, -0.05) is 40.2 Å².